The fourth-order valence-corrected chi connectivity index (χ4v) is 3.20. The van der Waals surface area contributed by atoms with Gasteiger partial charge in [-0.05, 0) is 31.2 Å². The Kier molecular flexibility index (Phi) is 3.91. The van der Waals surface area contributed by atoms with Crippen molar-refractivity contribution in [2.75, 3.05) is 5.01 Å². The Hall–Kier alpha value is -3.58. The first kappa shape index (κ1) is 15.9. The Bertz CT molecular complexity index is 1100. The van der Waals surface area contributed by atoms with E-state index in [1.165, 1.54) is 5.01 Å². The summed E-state index contributed by atoms with van der Waals surface area (Å²) in [5, 5.41) is 6.94. The predicted molar refractivity (Wildman–Crippen MR) is 106 cm³/mol. The lowest BCUT2D eigenvalue weighted by molar-refractivity contribution is -0.114. The number of hydrazone groups is 1. The summed E-state index contributed by atoms with van der Waals surface area (Å²) in [6.45, 7) is 2.34. The quantitative estimate of drug-likeness (QED) is 0.523. The molecule has 126 valence electrons. The first-order valence-electron chi connectivity index (χ1n) is 8.37. The molecule has 1 aliphatic rings. The van der Waals surface area contributed by atoms with E-state index >= 15 is 0 Å². The van der Waals surface area contributed by atoms with Crippen molar-refractivity contribution < 1.29 is 4.79 Å². The fourth-order valence-electron chi connectivity index (χ4n) is 3.20. The zero-order valence-electron chi connectivity index (χ0n) is 14.4. The van der Waals surface area contributed by atoms with Crippen LogP contribution in [-0.4, -0.2) is 16.2 Å². The number of hydrogen-bond acceptors (Lipinski definition) is 2. The van der Waals surface area contributed by atoms with E-state index < -0.39 is 0 Å². The van der Waals surface area contributed by atoms with Crippen molar-refractivity contribution in [1.82, 2.24) is 4.57 Å². The smallest absolute Gasteiger partial charge is 0.280 e. The maximum Gasteiger partial charge on any atom is 0.280 e. The van der Waals surface area contributed by atoms with E-state index in [9.17, 15) is 4.79 Å². The number of terminal acetylenes is 1. The van der Waals surface area contributed by atoms with Crippen LogP contribution in [0.25, 0.3) is 17.0 Å². The van der Waals surface area contributed by atoms with E-state index in [-0.39, 0.29) is 5.91 Å². The maximum atomic E-state index is 12.9. The van der Waals surface area contributed by atoms with Gasteiger partial charge < -0.3 is 4.57 Å². The van der Waals surface area contributed by atoms with E-state index in [1.54, 1.807) is 0 Å². The second-order valence-corrected chi connectivity index (χ2v) is 6.13. The molecule has 2 aromatic carbocycles. The molecule has 1 amide bonds. The number of carbonyl (C=O) groups is 1. The molecule has 0 radical (unpaired) electrons. The van der Waals surface area contributed by atoms with Crippen LogP contribution in [0.5, 0.6) is 0 Å². The van der Waals surface area contributed by atoms with Gasteiger partial charge in [0.1, 0.15) is 0 Å². The zero-order valence-corrected chi connectivity index (χ0v) is 14.4. The Balaban J connectivity index is 1.78. The number of fused-ring (bicyclic) bond motifs is 1. The van der Waals surface area contributed by atoms with Crippen molar-refractivity contribution in [3.63, 3.8) is 0 Å². The molecule has 0 saturated carbocycles. The summed E-state index contributed by atoms with van der Waals surface area (Å²) in [4.78, 5) is 12.9. The molecule has 1 aromatic heterocycles. The first-order chi connectivity index (χ1) is 12.7. The standard InChI is InChI=1S/C22H17N3O/c1-3-13-24-15-17(19-11-7-8-12-21(19)24)14-20-16(2)23-25(22(20)26)18-9-5-4-6-10-18/h1,4-12,14-15H,13H2,2H3. The van der Waals surface area contributed by atoms with Crippen molar-refractivity contribution in [3.05, 3.63) is 71.9 Å². The molecule has 0 aliphatic carbocycles. The molecule has 2 heterocycles. The van der Waals surface area contributed by atoms with Crippen LogP contribution in [0.4, 0.5) is 5.69 Å². The molecule has 4 rings (SSSR count). The lowest BCUT2D eigenvalue weighted by Crippen LogP contribution is -2.21. The van der Waals surface area contributed by atoms with Crippen molar-refractivity contribution in [2.45, 2.75) is 13.5 Å². The van der Waals surface area contributed by atoms with Crippen LogP contribution in [0.1, 0.15) is 12.5 Å². The molecule has 0 spiro atoms. The fraction of sp³-hybridized carbons (Fsp3) is 0.0909. The average molecular weight is 339 g/mol. The van der Waals surface area contributed by atoms with Gasteiger partial charge in [-0.1, -0.05) is 42.3 Å². The number of nitrogens with zero attached hydrogens (tertiary/aromatic N) is 3. The highest BCUT2D eigenvalue weighted by Crippen LogP contribution is 2.28. The Morgan fingerprint density at radius 3 is 2.62 bits per heavy atom. The largest absolute Gasteiger partial charge is 0.335 e. The summed E-state index contributed by atoms with van der Waals surface area (Å²) >= 11 is 0. The van der Waals surface area contributed by atoms with Crippen molar-refractivity contribution in [3.8, 4) is 12.3 Å². The molecular weight excluding hydrogens is 322 g/mol. The van der Waals surface area contributed by atoms with Crippen molar-refractivity contribution in [2.24, 2.45) is 5.10 Å². The van der Waals surface area contributed by atoms with Gasteiger partial charge in [0.2, 0.25) is 0 Å². The van der Waals surface area contributed by atoms with E-state index in [0.29, 0.717) is 17.8 Å². The Morgan fingerprint density at radius 1 is 1.12 bits per heavy atom. The van der Waals surface area contributed by atoms with Gasteiger partial charge in [-0.25, -0.2) is 0 Å². The molecule has 0 N–H and O–H groups in total. The minimum Gasteiger partial charge on any atom is -0.335 e. The molecule has 0 fully saturated rings. The molecular formula is C22H17N3O. The van der Waals surface area contributed by atoms with Crippen LogP contribution in [0.3, 0.4) is 0 Å². The van der Waals surface area contributed by atoms with Gasteiger partial charge in [-0.3, -0.25) is 4.79 Å². The maximum absolute atomic E-state index is 12.9. The van der Waals surface area contributed by atoms with Crippen molar-refractivity contribution in [1.29, 1.82) is 0 Å². The number of rotatable bonds is 3. The lowest BCUT2D eigenvalue weighted by Gasteiger charge is -2.10. The van der Waals surface area contributed by atoms with Crippen molar-refractivity contribution >= 4 is 34.3 Å². The summed E-state index contributed by atoms with van der Waals surface area (Å²) in [5.74, 6) is 2.55. The molecule has 4 heteroatoms. The Morgan fingerprint density at radius 2 is 1.85 bits per heavy atom. The van der Waals surface area contributed by atoms with E-state index in [1.807, 2.05) is 78.4 Å². The zero-order chi connectivity index (χ0) is 18.1. The van der Waals surface area contributed by atoms with Crippen LogP contribution in [0, 0.1) is 12.3 Å². The van der Waals surface area contributed by atoms with Gasteiger partial charge in [0.15, 0.2) is 0 Å². The number of anilines is 1. The number of carbonyl (C=O) groups excluding carboxylic acids is 1. The highest BCUT2D eigenvalue weighted by molar-refractivity contribution is 6.32. The third kappa shape index (κ3) is 2.60. The second kappa shape index (κ2) is 6.38. The van der Waals surface area contributed by atoms with Gasteiger partial charge >= 0.3 is 0 Å². The number of hydrogen-bond donors (Lipinski definition) is 0. The Labute approximate surface area is 152 Å². The highest BCUT2D eigenvalue weighted by Gasteiger charge is 2.28. The van der Waals surface area contributed by atoms with E-state index in [0.717, 1.165) is 22.2 Å². The van der Waals surface area contributed by atoms with Gasteiger partial charge in [0.25, 0.3) is 5.91 Å². The normalized spacial score (nSPS) is 15.5. The van der Waals surface area contributed by atoms with Gasteiger partial charge in [0.05, 0.1) is 23.5 Å². The molecule has 3 aromatic rings. The first-order valence-corrected chi connectivity index (χ1v) is 8.37. The minimum atomic E-state index is -0.123. The number of para-hydroxylation sites is 2. The molecule has 0 saturated heterocycles. The minimum absolute atomic E-state index is 0.123. The second-order valence-electron chi connectivity index (χ2n) is 6.13. The predicted octanol–water partition coefficient (Wildman–Crippen LogP) is 4.08. The van der Waals surface area contributed by atoms with Crippen LogP contribution in [0.15, 0.2) is 71.5 Å². The van der Waals surface area contributed by atoms with Gasteiger partial charge in [-0.2, -0.15) is 10.1 Å². The SMILES string of the molecule is C#CCn1cc(C=C2C(=O)N(c3ccccc3)N=C2C)c2ccccc21. The monoisotopic (exact) mass is 339 g/mol. The summed E-state index contributed by atoms with van der Waals surface area (Å²) in [6, 6.07) is 17.5. The van der Waals surface area contributed by atoms with Gasteiger partial charge in [-0.15, -0.1) is 6.42 Å². The molecule has 1 aliphatic heterocycles. The lowest BCUT2D eigenvalue weighted by atomic mass is 10.1. The summed E-state index contributed by atoms with van der Waals surface area (Å²) < 4.78 is 2.02. The van der Waals surface area contributed by atoms with Crippen LogP contribution in [-0.2, 0) is 11.3 Å². The topological polar surface area (TPSA) is 37.6 Å². The van der Waals surface area contributed by atoms with E-state index in [4.69, 9.17) is 6.42 Å². The molecule has 0 unspecified atom stereocenters. The number of aromatic nitrogens is 1. The summed E-state index contributed by atoms with van der Waals surface area (Å²) in [5.41, 5.74) is 4.07. The molecule has 0 bridgehead atoms. The highest BCUT2D eigenvalue weighted by atomic mass is 16.2. The van der Waals surface area contributed by atoms with E-state index in [2.05, 4.69) is 11.0 Å². The van der Waals surface area contributed by atoms with Crippen LogP contribution >= 0.6 is 0 Å². The molecule has 4 nitrogen and oxygen atoms in total. The number of amides is 1. The molecule has 26 heavy (non-hydrogen) atoms. The number of benzene rings is 2. The van der Waals surface area contributed by atoms with Crippen LogP contribution in [0.2, 0.25) is 0 Å². The summed E-state index contributed by atoms with van der Waals surface area (Å²) in [6.07, 6.45) is 9.38. The van der Waals surface area contributed by atoms with Crippen LogP contribution < -0.4 is 5.01 Å². The third-order valence-electron chi connectivity index (χ3n) is 4.44. The summed E-state index contributed by atoms with van der Waals surface area (Å²) in [7, 11) is 0. The average Bonchev–Trinajstić information content (AvgIpc) is 3.16. The third-order valence-corrected chi connectivity index (χ3v) is 4.44. The molecule has 0 atom stereocenters. The van der Waals surface area contributed by atoms with Gasteiger partial charge in [0, 0.05) is 22.7 Å².